The number of carbonyl (C=O) groups excluding carboxylic acids is 1. The van der Waals surface area contributed by atoms with Crippen molar-refractivity contribution >= 4 is 12.0 Å². The van der Waals surface area contributed by atoms with Crippen molar-refractivity contribution in [1.29, 1.82) is 0 Å². The lowest BCUT2D eigenvalue weighted by molar-refractivity contribution is -0.116. The topological polar surface area (TPSA) is 59.4 Å². The highest BCUT2D eigenvalue weighted by atomic mass is 19.1. The summed E-state index contributed by atoms with van der Waals surface area (Å²) in [5.74, 6) is -0.458. The van der Waals surface area contributed by atoms with Gasteiger partial charge < -0.3 is 10.1 Å². The first kappa shape index (κ1) is 21.0. The number of nitrogens with one attached hydrogen (secondary N) is 1. The Balaban J connectivity index is 1.38. The number of aromatic nitrogens is 2. The van der Waals surface area contributed by atoms with E-state index in [2.05, 4.69) is 15.3 Å². The van der Waals surface area contributed by atoms with Crippen molar-refractivity contribution in [2.45, 2.75) is 6.04 Å². The van der Waals surface area contributed by atoms with Gasteiger partial charge >= 0.3 is 0 Å². The fourth-order valence-electron chi connectivity index (χ4n) is 3.60. The maximum atomic E-state index is 13.4. The average Bonchev–Trinajstić information content (AvgIpc) is 3.29. The molecule has 2 aromatic carbocycles. The number of benzene rings is 2. The lowest BCUT2D eigenvalue weighted by Gasteiger charge is -2.34. The van der Waals surface area contributed by atoms with Crippen LogP contribution in [0.25, 0.3) is 11.8 Å². The van der Waals surface area contributed by atoms with Crippen molar-refractivity contribution in [2.75, 3.05) is 32.8 Å². The summed E-state index contributed by atoms with van der Waals surface area (Å²) in [6.45, 7) is 3.27. The number of hydrogen-bond donors (Lipinski definition) is 1. The van der Waals surface area contributed by atoms with Crippen LogP contribution in [-0.2, 0) is 9.53 Å². The lowest BCUT2D eigenvalue weighted by Crippen LogP contribution is -2.43. The SMILES string of the molecule is O=C(C=Cc1cnn(-c2ccccc2)c1)NCC(c1ccc(F)cc1)N1CCOCC1. The van der Waals surface area contributed by atoms with E-state index in [1.165, 1.54) is 18.2 Å². The van der Waals surface area contributed by atoms with E-state index in [1.54, 1.807) is 29.1 Å². The van der Waals surface area contributed by atoms with E-state index in [-0.39, 0.29) is 17.8 Å². The number of carbonyl (C=O) groups is 1. The van der Waals surface area contributed by atoms with Crippen LogP contribution in [-0.4, -0.2) is 53.4 Å². The summed E-state index contributed by atoms with van der Waals surface area (Å²) in [7, 11) is 0. The predicted molar refractivity (Wildman–Crippen MR) is 117 cm³/mol. The number of ether oxygens (including phenoxy) is 1. The second-order valence-corrected chi connectivity index (χ2v) is 7.35. The van der Waals surface area contributed by atoms with Crippen LogP contribution in [0.4, 0.5) is 4.39 Å². The predicted octanol–water partition coefficient (Wildman–Crippen LogP) is 3.21. The molecule has 1 amide bonds. The second kappa shape index (κ2) is 10.1. The van der Waals surface area contributed by atoms with Gasteiger partial charge in [-0.25, -0.2) is 9.07 Å². The van der Waals surface area contributed by atoms with Gasteiger partial charge in [0.25, 0.3) is 0 Å². The molecule has 0 spiro atoms. The molecule has 7 heteroatoms. The van der Waals surface area contributed by atoms with Gasteiger partial charge in [0.1, 0.15) is 5.82 Å². The molecular formula is C24H25FN4O2. The van der Waals surface area contributed by atoms with Gasteiger partial charge in [-0.15, -0.1) is 0 Å². The maximum Gasteiger partial charge on any atom is 0.244 e. The third-order valence-corrected chi connectivity index (χ3v) is 5.26. The molecule has 0 aliphatic carbocycles. The zero-order chi connectivity index (χ0) is 21.5. The molecule has 1 saturated heterocycles. The minimum Gasteiger partial charge on any atom is -0.379 e. The van der Waals surface area contributed by atoms with Gasteiger partial charge in [-0.1, -0.05) is 30.3 Å². The molecule has 3 aromatic rings. The molecule has 1 aliphatic rings. The lowest BCUT2D eigenvalue weighted by atomic mass is 10.0. The Bertz CT molecular complexity index is 1010. The number of nitrogens with zero attached hydrogens (tertiary/aromatic N) is 3. The van der Waals surface area contributed by atoms with Crippen molar-refractivity contribution < 1.29 is 13.9 Å². The number of morpholine rings is 1. The highest BCUT2D eigenvalue weighted by Gasteiger charge is 2.23. The zero-order valence-electron chi connectivity index (χ0n) is 17.2. The summed E-state index contributed by atoms with van der Waals surface area (Å²) in [4.78, 5) is 14.7. The zero-order valence-corrected chi connectivity index (χ0v) is 17.2. The van der Waals surface area contributed by atoms with E-state index >= 15 is 0 Å². The van der Waals surface area contributed by atoms with Crippen LogP contribution in [0.2, 0.25) is 0 Å². The van der Waals surface area contributed by atoms with Crippen LogP contribution in [0.1, 0.15) is 17.2 Å². The van der Waals surface area contributed by atoms with Gasteiger partial charge in [0.05, 0.1) is 31.1 Å². The van der Waals surface area contributed by atoms with Gasteiger partial charge in [0.15, 0.2) is 0 Å². The molecule has 4 rings (SSSR count). The van der Waals surface area contributed by atoms with Gasteiger partial charge in [-0.3, -0.25) is 9.69 Å². The molecule has 1 N–H and O–H groups in total. The van der Waals surface area contributed by atoms with Crippen molar-refractivity contribution in [3.63, 3.8) is 0 Å². The van der Waals surface area contributed by atoms with Crippen LogP contribution < -0.4 is 5.32 Å². The molecule has 0 bridgehead atoms. The molecule has 1 aliphatic heterocycles. The third kappa shape index (κ3) is 5.65. The minimum atomic E-state index is -0.271. The first-order valence-electron chi connectivity index (χ1n) is 10.3. The average molecular weight is 420 g/mol. The first-order valence-corrected chi connectivity index (χ1v) is 10.3. The van der Waals surface area contributed by atoms with Crippen LogP contribution in [0.3, 0.4) is 0 Å². The molecule has 1 aromatic heterocycles. The summed E-state index contributed by atoms with van der Waals surface area (Å²) in [5, 5.41) is 7.30. The third-order valence-electron chi connectivity index (χ3n) is 5.26. The highest BCUT2D eigenvalue weighted by Crippen LogP contribution is 2.21. The van der Waals surface area contributed by atoms with Crippen molar-refractivity contribution in [1.82, 2.24) is 20.0 Å². The Morgan fingerprint density at radius 2 is 1.87 bits per heavy atom. The number of halogens is 1. The molecule has 160 valence electrons. The quantitative estimate of drug-likeness (QED) is 0.597. The van der Waals surface area contributed by atoms with Crippen LogP contribution in [0, 0.1) is 5.82 Å². The molecule has 6 nitrogen and oxygen atoms in total. The molecular weight excluding hydrogens is 395 g/mol. The van der Waals surface area contributed by atoms with E-state index < -0.39 is 0 Å². The van der Waals surface area contributed by atoms with Crippen LogP contribution in [0.5, 0.6) is 0 Å². The minimum absolute atomic E-state index is 0.0392. The normalized spacial score (nSPS) is 15.8. The van der Waals surface area contributed by atoms with Crippen molar-refractivity contribution in [3.05, 3.63) is 90.0 Å². The number of hydrogen-bond acceptors (Lipinski definition) is 4. The van der Waals surface area contributed by atoms with E-state index in [0.29, 0.717) is 19.8 Å². The largest absolute Gasteiger partial charge is 0.379 e. The molecule has 1 fully saturated rings. The summed E-state index contributed by atoms with van der Waals surface area (Å²) >= 11 is 0. The monoisotopic (exact) mass is 420 g/mol. The molecule has 0 radical (unpaired) electrons. The van der Waals surface area contributed by atoms with Gasteiger partial charge in [0.2, 0.25) is 5.91 Å². The fourth-order valence-corrected chi connectivity index (χ4v) is 3.60. The Labute approximate surface area is 180 Å². The van der Waals surface area contributed by atoms with E-state index in [1.807, 2.05) is 36.5 Å². The summed E-state index contributed by atoms with van der Waals surface area (Å²) in [6, 6.07) is 16.2. The van der Waals surface area contributed by atoms with E-state index in [0.717, 1.165) is 29.9 Å². The smallest absolute Gasteiger partial charge is 0.244 e. The number of rotatable bonds is 7. The number of amides is 1. The Morgan fingerprint density at radius 3 is 2.61 bits per heavy atom. The van der Waals surface area contributed by atoms with Crippen molar-refractivity contribution in [3.8, 4) is 5.69 Å². The summed E-state index contributed by atoms with van der Waals surface area (Å²) in [6.07, 6.45) is 6.83. The highest BCUT2D eigenvalue weighted by molar-refractivity contribution is 5.91. The van der Waals surface area contributed by atoms with Crippen LogP contribution in [0.15, 0.2) is 73.1 Å². The molecule has 0 saturated carbocycles. The van der Waals surface area contributed by atoms with E-state index in [4.69, 9.17) is 4.74 Å². The summed E-state index contributed by atoms with van der Waals surface area (Å²) in [5.41, 5.74) is 2.76. The van der Waals surface area contributed by atoms with Gasteiger partial charge in [0, 0.05) is 37.5 Å². The second-order valence-electron chi connectivity index (χ2n) is 7.35. The molecule has 2 heterocycles. The van der Waals surface area contributed by atoms with Gasteiger partial charge in [-0.2, -0.15) is 5.10 Å². The maximum absolute atomic E-state index is 13.4. The van der Waals surface area contributed by atoms with Crippen LogP contribution >= 0.6 is 0 Å². The number of para-hydroxylation sites is 1. The molecule has 1 unspecified atom stereocenters. The Kier molecular flexibility index (Phi) is 6.86. The molecule has 31 heavy (non-hydrogen) atoms. The molecule has 1 atom stereocenters. The first-order chi connectivity index (χ1) is 15.2. The Hall–Kier alpha value is -3.29. The fraction of sp³-hybridized carbons (Fsp3) is 0.250. The van der Waals surface area contributed by atoms with Gasteiger partial charge in [-0.05, 0) is 35.9 Å². The van der Waals surface area contributed by atoms with E-state index in [9.17, 15) is 9.18 Å². The standard InChI is InChI=1S/C24H25FN4O2/c25-21-9-7-20(8-10-21)23(28-12-14-31-15-13-28)17-26-24(30)11-6-19-16-27-29(18-19)22-4-2-1-3-5-22/h1-11,16,18,23H,12-15,17H2,(H,26,30). The Morgan fingerprint density at radius 1 is 1.13 bits per heavy atom. The summed E-state index contributed by atoms with van der Waals surface area (Å²) < 4.78 is 20.6. The van der Waals surface area contributed by atoms with Crippen molar-refractivity contribution in [2.24, 2.45) is 0 Å².